The summed E-state index contributed by atoms with van der Waals surface area (Å²) >= 11 is 5.44. The number of nitrogens with one attached hydrogen (secondary N) is 1. The van der Waals surface area contributed by atoms with Crippen molar-refractivity contribution in [1.29, 1.82) is 0 Å². The zero-order valence-corrected chi connectivity index (χ0v) is 13.3. The molecule has 0 fully saturated rings. The fourth-order valence-corrected chi connectivity index (χ4v) is 2.73. The maximum absolute atomic E-state index is 4.63. The topological polar surface area (TPSA) is 37.8 Å². The minimum atomic E-state index is 0.398. The van der Waals surface area contributed by atoms with Crippen LogP contribution in [0.4, 0.5) is 5.82 Å². The summed E-state index contributed by atoms with van der Waals surface area (Å²) in [6, 6.07) is 0. The van der Waals surface area contributed by atoms with E-state index in [-0.39, 0.29) is 0 Å². The lowest BCUT2D eigenvalue weighted by atomic mass is 10.1. The fourth-order valence-electron chi connectivity index (χ4n) is 1.44. The summed E-state index contributed by atoms with van der Waals surface area (Å²) < 4.78 is 1.000. The Kier molecular flexibility index (Phi) is 6.27. The number of thioether (sulfide) groups is 1. The van der Waals surface area contributed by atoms with Crippen LogP contribution in [0.1, 0.15) is 45.1 Å². The Hall–Kier alpha value is -0.290. The highest BCUT2D eigenvalue weighted by molar-refractivity contribution is 9.10. The van der Waals surface area contributed by atoms with E-state index in [0.29, 0.717) is 5.92 Å². The first-order valence-corrected chi connectivity index (χ1v) is 7.92. The van der Waals surface area contributed by atoms with E-state index in [1.807, 2.05) is 11.8 Å². The van der Waals surface area contributed by atoms with Crippen LogP contribution in [0.3, 0.4) is 0 Å². The van der Waals surface area contributed by atoms with E-state index in [0.717, 1.165) is 39.9 Å². The van der Waals surface area contributed by atoms with Gasteiger partial charge in [-0.2, -0.15) is 11.8 Å². The highest BCUT2D eigenvalue weighted by Gasteiger charge is 2.14. The summed E-state index contributed by atoms with van der Waals surface area (Å²) in [5.74, 6) is 4.20. The van der Waals surface area contributed by atoms with Crippen LogP contribution in [-0.4, -0.2) is 22.3 Å². The van der Waals surface area contributed by atoms with Crippen molar-refractivity contribution in [2.24, 2.45) is 0 Å². The van der Waals surface area contributed by atoms with Gasteiger partial charge in [0.25, 0.3) is 0 Å². The SMILES string of the molecule is CCNc1nc(CSCC)nc(C(C)C)c1Br. The van der Waals surface area contributed by atoms with Gasteiger partial charge < -0.3 is 5.32 Å². The van der Waals surface area contributed by atoms with Crippen LogP contribution in [0.2, 0.25) is 0 Å². The van der Waals surface area contributed by atoms with E-state index in [9.17, 15) is 0 Å². The summed E-state index contributed by atoms with van der Waals surface area (Å²) in [7, 11) is 0. The first-order valence-electron chi connectivity index (χ1n) is 5.98. The second kappa shape index (κ2) is 7.21. The minimum Gasteiger partial charge on any atom is -0.369 e. The Morgan fingerprint density at radius 1 is 1.29 bits per heavy atom. The van der Waals surface area contributed by atoms with Crippen LogP contribution in [0.15, 0.2) is 4.47 Å². The first kappa shape index (κ1) is 14.8. The van der Waals surface area contributed by atoms with E-state index >= 15 is 0 Å². The average molecular weight is 318 g/mol. The van der Waals surface area contributed by atoms with Gasteiger partial charge in [0.05, 0.1) is 15.9 Å². The highest BCUT2D eigenvalue weighted by Crippen LogP contribution is 2.29. The molecular weight excluding hydrogens is 298 g/mol. The van der Waals surface area contributed by atoms with Crippen molar-refractivity contribution in [3.8, 4) is 0 Å². The van der Waals surface area contributed by atoms with E-state index in [1.54, 1.807) is 0 Å². The van der Waals surface area contributed by atoms with Crippen LogP contribution in [0.5, 0.6) is 0 Å². The number of hydrogen-bond acceptors (Lipinski definition) is 4. The molecule has 0 unspecified atom stereocenters. The largest absolute Gasteiger partial charge is 0.369 e. The quantitative estimate of drug-likeness (QED) is 0.859. The Bertz CT molecular complexity index is 369. The summed E-state index contributed by atoms with van der Waals surface area (Å²) in [5.41, 5.74) is 1.09. The number of anilines is 1. The third kappa shape index (κ3) is 4.14. The molecule has 0 saturated carbocycles. The fraction of sp³-hybridized carbons (Fsp3) is 0.667. The molecule has 0 aromatic carbocycles. The molecule has 1 rings (SSSR count). The van der Waals surface area contributed by atoms with Crippen LogP contribution < -0.4 is 5.32 Å². The lowest BCUT2D eigenvalue weighted by Gasteiger charge is -2.14. The van der Waals surface area contributed by atoms with Crippen LogP contribution in [0.25, 0.3) is 0 Å². The zero-order valence-electron chi connectivity index (χ0n) is 10.9. The Labute approximate surface area is 116 Å². The zero-order chi connectivity index (χ0) is 12.8. The number of rotatable bonds is 6. The number of halogens is 1. The van der Waals surface area contributed by atoms with Gasteiger partial charge in [0, 0.05) is 6.54 Å². The normalized spacial score (nSPS) is 10.9. The van der Waals surface area contributed by atoms with Gasteiger partial charge in [-0.15, -0.1) is 0 Å². The van der Waals surface area contributed by atoms with Gasteiger partial charge in [0.1, 0.15) is 11.6 Å². The smallest absolute Gasteiger partial charge is 0.144 e. The minimum absolute atomic E-state index is 0.398. The van der Waals surface area contributed by atoms with Crippen LogP contribution >= 0.6 is 27.7 Å². The van der Waals surface area contributed by atoms with Crippen molar-refractivity contribution in [2.75, 3.05) is 17.6 Å². The van der Waals surface area contributed by atoms with Gasteiger partial charge in [-0.1, -0.05) is 20.8 Å². The second-order valence-corrected chi connectivity index (χ2v) is 6.08. The molecule has 0 atom stereocenters. The molecule has 0 spiro atoms. The van der Waals surface area contributed by atoms with Crippen LogP contribution in [-0.2, 0) is 5.75 Å². The highest BCUT2D eigenvalue weighted by atomic mass is 79.9. The van der Waals surface area contributed by atoms with Gasteiger partial charge >= 0.3 is 0 Å². The van der Waals surface area contributed by atoms with E-state index in [4.69, 9.17) is 0 Å². The molecule has 0 saturated heterocycles. The van der Waals surface area contributed by atoms with Crippen molar-refractivity contribution in [3.63, 3.8) is 0 Å². The predicted octanol–water partition coefficient (Wildman–Crippen LogP) is 4.05. The maximum Gasteiger partial charge on any atom is 0.144 e. The predicted molar refractivity (Wildman–Crippen MR) is 79.8 cm³/mol. The molecule has 0 bridgehead atoms. The molecule has 1 aromatic rings. The molecule has 17 heavy (non-hydrogen) atoms. The van der Waals surface area contributed by atoms with Crippen molar-refractivity contribution >= 4 is 33.5 Å². The molecular formula is C12H20BrN3S. The van der Waals surface area contributed by atoms with Crippen molar-refractivity contribution in [3.05, 3.63) is 16.0 Å². The van der Waals surface area contributed by atoms with Crippen molar-refractivity contribution in [1.82, 2.24) is 9.97 Å². The maximum atomic E-state index is 4.63. The average Bonchev–Trinajstić information content (AvgIpc) is 2.29. The van der Waals surface area contributed by atoms with Gasteiger partial charge in [0.15, 0.2) is 0 Å². The third-order valence-electron chi connectivity index (χ3n) is 2.25. The molecule has 3 nitrogen and oxygen atoms in total. The second-order valence-electron chi connectivity index (χ2n) is 4.01. The molecule has 0 aliphatic rings. The van der Waals surface area contributed by atoms with Crippen molar-refractivity contribution < 1.29 is 0 Å². The van der Waals surface area contributed by atoms with E-state index < -0.39 is 0 Å². The monoisotopic (exact) mass is 317 g/mol. The Morgan fingerprint density at radius 3 is 2.53 bits per heavy atom. The number of nitrogens with zero attached hydrogens (tertiary/aromatic N) is 2. The van der Waals surface area contributed by atoms with Gasteiger partial charge in [-0.3, -0.25) is 0 Å². The Balaban J connectivity index is 3.07. The first-order chi connectivity index (χ1) is 8.10. The molecule has 1 aromatic heterocycles. The number of hydrogen-bond donors (Lipinski definition) is 1. The number of aromatic nitrogens is 2. The van der Waals surface area contributed by atoms with Crippen molar-refractivity contribution in [2.45, 2.75) is 39.4 Å². The Morgan fingerprint density at radius 2 is 2.00 bits per heavy atom. The molecule has 1 N–H and O–H groups in total. The standard InChI is InChI=1S/C12H20BrN3S/c1-5-14-12-10(13)11(8(3)4)15-9(16-12)7-17-6-2/h8H,5-7H2,1-4H3,(H,14,15,16). The molecule has 0 amide bonds. The molecule has 0 aliphatic heterocycles. The summed E-state index contributed by atoms with van der Waals surface area (Å²) in [5, 5.41) is 3.28. The summed E-state index contributed by atoms with van der Waals surface area (Å²) in [6.45, 7) is 9.40. The third-order valence-corrected chi connectivity index (χ3v) is 3.90. The molecule has 5 heteroatoms. The van der Waals surface area contributed by atoms with Gasteiger partial charge in [-0.05, 0) is 34.5 Å². The lowest BCUT2D eigenvalue weighted by molar-refractivity contribution is 0.792. The van der Waals surface area contributed by atoms with E-state index in [2.05, 4.69) is 58.9 Å². The lowest BCUT2D eigenvalue weighted by Crippen LogP contribution is -2.08. The molecule has 0 aliphatic carbocycles. The van der Waals surface area contributed by atoms with E-state index in [1.165, 1.54) is 0 Å². The molecule has 1 heterocycles. The summed E-state index contributed by atoms with van der Waals surface area (Å²) in [4.78, 5) is 9.19. The summed E-state index contributed by atoms with van der Waals surface area (Å²) in [6.07, 6.45) is 0. The van der Waals surface area contributed by atoms with Gasteiger partial charge in [0.2, 0.25) is 0 Å². The molecule has 96 valence electrons. The van der Waals surface area contributed by atoms with Crippen LogP contribution in [0, 0.1) is 0 Å². The molecule has 0 radical (unpaired) electrons. The van der Waals surface area contributed by atoms with Gasteiger partial charge in [-0.25, -0.2) is 9.97 Å².